The average molecular weight is 518 g/mol. The fraction of sp³-hybridized carbons (Fsp3) is 0.842. The van der Waals surface area contributed by atoms with Crippen molar-refractivity contribution in [1.29, 1.82) is 0 Å². The Hall–Kier alpha value is -0.300. The second-order valence-electron chi connectivity index (χ2n) is 7.55. The molecular weight excluding hydrogens is 475 g/mol. The molecule has 3 N–H and O–H groups in total. The predicted molar refractivity (Wildman–Crippen MR) is 124 cm³/mol. The van der Waals surface area contributed by atoms with E-state index in [0.717, 1.165) is 0 Å². The van der Waals surface area contributed by atoms with Crippen LogP contribution in [-0.4, -0.2) is 61.3 Å². The van der Waals surface area contributed by atoms with Crippen molar-refractivity contribution in [3.05, 3.63) is 18.5 Å². The Bertz CT molecular complexity index is 403. The maximum absolute atomic E-state index is 5.06. The largest absolute Gasteiger partial charge is 0.356 e. The lowest BCUT2D eigenvalue weighted by Gasteiger charge is -2.18. The topological polar surface area (TPSA) is 92.8 Å². The first-order chi connectivity index (χ1) is 12.9. The third-order valence-electron chi connectivity index (χ3n) is 3.06. The molecule has 1 heterocycles. The van der Waals surface area contributed by atoms with Crippen molar-refractivity contribution in [1.82, 2.24) is 15.2 Å². The molecule has 0 saturated heterocycles. The van der Waals surface area contributed by atoms with Crippen LogP contribution in [-0.2, 0) is 24.5 Å². The number of hydrogen-bond acceptors (Lipinski definition) is 7. The number of halogens is 1. The van der Waals surface area contributed by atoms with Crippen LogP contribution in [0.4, 0.5) is 0 Å². The molecule has 0 radical (unpaired) electrons. The van der Waals surface area contributed by atoms with Gasteiger partial charge in [-0.2, -0.15) is 5.10 Å². The zero-order valence-electron chi connectivity index (χ0n) is 19.6. The molecule has 170 valence electrons. The van der Waals surface area contributed by atoms with Gasteiger partial charge in [0, 0.05) is 52.8 Å². The molecule has 0 aromatic carbocycles. The number of nitrogens with zero attached hydrogens (tertiary/aromatic N) is 2. The molecule has 1 aromatic rings. The first-order valence-electron chi connectivity index (χ1n) is 8.92. The highest BCUT2D eigenvalue weighted by atomic mass is 127. The first-order valence-corrected chi connectivity index (χ1v) is 11.1. The third kappa shape index (κ3) is 20.4. The van der Waals surface area contributed by atoms with Gasteiger partial charge in [0.1, 0.15) is 0 Å². The summed E-state index contributed by atoms with van der Waals surface area (Å²) in [5.41, 5.74) is 2.80. The van der Waals surface area contributed by atoms with Gasteiger partial charge in [0.25, 0.3) is 0 Å². The van der Waals surface area contributed by atoms with Gasteiger partial charge in [0.05, 0.1) is 5.54 Å². The van der Waals surface area contributed by atoms with Crippen molar-refractivity contribution >= 4 is 22.6 Å². The monoisotopic (exact) mass is 518 g/mol. The van der Waals surface area contributed by atoms with Gasteiger partial charge < -0.3 is 18.9 Å². The van der Waals surface area contributed by atoms with Gasteiger partial charge in [-0.15, -0.1) is 0 Å². The Labute approximate surface area is 185 Å². The SMILES string of the molecule is CC(C)(C)NN.CC(C)(C)n1cccn1.CI.COC(CC(OC)OC)OC. The Morgan fingerprint density at radius 1 is 0.929 bits per heavy atom. The molecule has 0 amide bonds. The predicted octanol–water partition coefficient (Wildman–Crippen LogP) is 3.55. The minimum atomic E-state index is -0.264. The number of rotatable bonds is 6. The zero-order valence-corrected chi connectivity index (χ0v) is 21.7. The Kier molecular flexibility index (Phi) is 21.6. The van der Waals surface area contributed by atoms with Crippen molar-refractivity contribution in [2.24, 2.45) is 5.84 Å². The summed E-state index contributed by atoms with van der Waals surface area (Å²) >= 11 is 2.15. The van der Waals surface area contributed by atoms with Crippen LogP contribution in [0.15, 0.2) is 18.5 Å². The van der Waals surface area contributed by atoms with Crippen molar-refractivity contribution < 1.29 is 18.9 Å². The fourth-order valence-electron chi connectivity index (χ4n) is 1.40. The van der Waals surface area contributed by atoms with Crippen molar-refractivity contribution in [2.45, 2.75) is 71.6 Å². The number of alkyl halides is 1. The summed E-state index contributed by atoms with van der Waals surface area (Å²) in [5, 5.41) is 4.10. The molecule has 8 nitrogen and oxygen atoms in total. The second kappa shape index (κ2) is 18.7. The number of ether oxygens (including phenoxy) is 4. The van der Waals surface area contributed by atoms with Crippen molar-refractivity contribution in [2.75, 3.05) is 33.4 Å². The highest BCUT2D eigenvalue weighted by Crippen LogP contribution is 2.10. The number of nitrogens with two attached hydrogens (primary N) is 1. The van der Waals surface area contributed by atoms with Gasteiger partial charge >= 0.3 is 0 Å². The van der Waals surface area contributed by atoms with Gasteiger partial charge in [0.15, 0.2) is 12.6 Å². The van der Waals surface area contributed by atoms with Crippen LogP contribution < -0.4 is 11.3 Å². The summed E-state index contributed by atoms with van der Waals surface area (Å²) < 4.78 is 21.7. The van der Waals surface area contributed by atoms with E-state index in [9.17, 15) is 0 Å². The highest BCUT2D eigenvalue weighted by molar-refractivity contribution is 14.1. The van der Waals surface area contributed by atoms with E-state index in [0.29, 0.717) is 6.42 Å². The van der Waals surface area contributed by atoms with E-state index in [1.807, 2.05) is 42.6 Å². The zero-order chi connectivity index (χ0) is 22.8. The van der Waals surface area contributed by atoms with E-state index in [1.165, 1.54) is 0 Å². The molecule has 0 atom stereocenters. The van der Waals surface area contributed by atoms with Gasteiger partial charge in [-0.1, -0.05) is 22.6 Å². The fourth-order valence-corrected chi connectivity index (χ4v) is 1.40. The number of methoxy groups -OCH3 is 4. The average Bonchev–Trinajstić information content (AvgIpc) is 3.20. The van der Waals surface area contributed by atoms with E-state index in [1.54, 1.807) is 34.6 Å². The molecule has 0 fully saturated rings. The van der Waals surface area contributed by atoms with E-state index < -0.39 is 0 Å². The Morgan fingerprint density at radius 2 is 1.29 bits per heavy atom. The van der Waals surface area contributed by atoms with Crippen molar-refractivity contribution in [3.63, 3.8) is 0 Å². The van der Waals surface area contributed by atoms with Crippen LogP contribution in [0.25, 0.3) is 0 Å². The molecule has 0 aliphatic carbocycles. The number of hydrogen-bond donors (Lipinski definition) is 2. The minimum Gasteiger partial charge on any atom is -0.356 e. The Balaban J connectivity index is -0.000000332. The summed E-state index contributed by atoms with van der Waals surface area (Å²) in [6.45, 7) is 12.4. The van der Waals surface area contributed by atoms with Crippen LogP contribution in [0.5, 0.6) is 0 Å². The van der Waals surface area contributed by atoms with Crippen LogP contribution in [0.1, 0.15) is 48.0 Å². The molecule has 1 aromatic heterocycles. The van der Waals surface area contributed by atoms with Crippen LogP contribution >= 0.6 is 22.6 Å². The molecule has 9 heteroatoms. The van der Waals surface area contributed by atoms with E-state index in [4.69, 9.17) is 24.8 Å². The molecule has 0 aliphatic rings. The summed E-state index contributed by atoms with van der Waals surface area (Å²) in [5.74, 6) is 5.06. The first kappa shape index (κ1) is 32.4. The summed E-state index contributed by atoms with van der Waals surface area (Å²) in [7, 11) is 6.32. The van der Waals surface area contributed by atoms with Crippen LogP contribution in [0.3, 0.4) is 0 Å². The quantitative estimate of drug-likeness (QED) is 0.196. The van der Waals surface area contributed by atoms with Crippen LogP contribution in [0.2, 0.25) is 0 Å². The molecule has 0 bridgehead atoms. The van der Waals surface area contributed by atoms with E-state index in [-0.39, 0.29) is 23.7 Å². The number of nitrogens with one attached hydrogen (secondary N) is 1. The van der Waals surface area contributed by atoms with E-state index in [2.05, 4.69) is 53.9 Å². The minimum absolute atomic E-state index is 0.0694. The number of hydrazine groups is 1. The smallest absolute Gasteiger partial charge is 0.161 e. The summed E-state index contributed by atoms with van der Waals surface area (Å²) in [6, 6.07) is 1.94. The van der Waals surface area contributed by atoms with Crippen LogP contribution in [0, 0.1) is 0 Å². The molecule has 28 heavy (non-hydrogen) atoms. The van der Waals surface area contributed by atoms with Gasteiger partial charge in [0.2, 0.25) is 0 Å². The molecule has 1 rings (SSSR count). The molecule has 0 spiro atoms. The standard InChI is InChI=1S/C7H12N2.C7H16O4.C4H12N2.CH3I/c1-7(2,3)9-6-4-5-8-9;1-8-6(9-2)5-7(10-3)11-4;1-4(2,3)6-5;1-2/h4-6H,1-3H3;6-7H,5H2,1-4H3;6H,5H2,1-3H3;1H3. The van der Waals surface area contributed by atoms with Gasteiger partial charge in [-0.05, 0) is 52.5 Å². The Morgan fingerprint density at radius 3 is 1.43 bits per heavy atom. The maximum atomic E-state index is 5.06. The maximum Gasteiger partial charge on any atom is 0.161 e. The molecular formula is C19H43IN4O4. The summed E-state index contributed by atoms with van der Waals surface area (Å²) in [6.07, 6.45) is 3.81. The third-order valence-corrected chi connectivity index (χ3v) is 3.06. The lowest BCUT2D eigenvalue weighted by atomic mass is 10.1. The lowest BCUT2D eigenvalue weighted by Crippen LogP contribution is -2.41. The molecule has 0 saturated carbocycles. The second-order valence-corrected chi connectivity index (χ2v) is 7.55. The van der Waals surface area contributed by atoms with Gasteiger partial charge in [-0.3, -0.25) is 16.0 Å². The normalized spacial score (nSPS) is 11.1. The lowest BCUT2D eigenvalue weighted by molar-refractivity contribution is -0.178. The molecule has 0 aliphatic heterocycles. The molecule has 0 unspecified atom stereocenters. The number of aromatic nitrogens is 2. The highest BCUT2D eigenvalue weighted by Gasteiger charge is 2.13. The van der Waals surface area contributed by atoms with E-state index >= 15 is 0 Å². The van der Waals surface area contributed by atoms with Gasteiger partial charge in [-0.25, -0.2) is 0 Å². The summed E-state index contributed by atoms with van der Waals surface area (Å²) in [4.78, 5) is 1.97. The van der Waals surface area contributed by atoms with Crippen molar-refractivity contribution in [3.8, 4) is 0 Å².